The Kier molecular flexibility index (Phi) is 13.9. The van der Waals surface area contributed by atoms with E-state index >= 15 is 0 Å². The van der Waals surface area contributed by atoms with Crippen LogP contribution in [0, 0.1) is 5.92 Å². The predicted molar refractivity (Wildman–Crippen MR) is 112 cm³/mol. The Morgan fingerprint density at radius 2 is 1.68 bits per heavy atom. The van der Waals surface area contributed by atoms with Crippen molar-refractivity contribution in [2.24, 2.45) is 11.7 Å². The van der Waals surface area contributed by atoms with Crippen molar-refractivity contribution in [1.29, 1.82) is 0 Å². The molecule has 10 heteroatoms. The minimum Gasteiger partial charge on any atom is -0.504 e. The number of amides is 2. The maximum atomic E-state index is 10.9. The number of phenols is 1. The third kappa shape index (κ3) is 13.5. The number of carbonyl (C=O) groups excluding carboxylic acids is 2. The molecule has 6 N–H and O–H groups in total. The number of methoxy groups -OCH3 is 1. The van der Waals surface area contributed by atoms with Crippen LogP contribution in [0.3, 0.4) is 0 Å². The van der Waals surface area contributed by atoms with Gasteiger partial charge < -0.3 is 31.1 Å². The summed E-state index contributed by atoms with van der Waals surface area (Å²) in [5.74, 6) is -3.32. The summed E-state index contributed by atoms with van der Waals surface area (Å²) in [5.41, 5.74) is 5.45. The van der Waals surface area contributed by atoms with Gasteiger partial charge in [-0.15, -0.1) is 0 Å². The summed E-state index contributed by atoms with van der Waals surface area (Å²) in [6.45, 7) is 1.85. The number of benzene rings is 1. The molecule has 174 valence electrons. The normalized spacial score (nSPS) is 10.9. The maximum Gasteiger partial charge on any atom is 0.309 e. The molecular weight excluding hydrogens is 408 g/mol. The Labute approximate surface area is 181 Å². The van der Waals surface area contributed by atoms with Crippen LogP contribution >= 0.6 is 0 Å². The van der Waals surface area contributed by atoms with Crippen molar-refractivity contribution in [2.45, 2.75) is 58.4 Å². The van der Waals surface area contributed by atoms with Gasteiger partial charge in [0.25, 0.3) is 0 Å². The summed E-state index contributed by atoms with van der Waals surface area (Å²) in [6.07, 6.45) is 5.52. The standard InChI is InChI=1S/C11H20O4.C10H12N2O4/c1-9(11(14)15)7-5-3-2-4-6-8-10(12)13;1-16-8-4-6(2-3-7(8)13)5-12-10(15)9(11)14/h9H,2-8H2,1H3,(H,12,13)(H,14,15);2-4,13H,5H2,1H3,(H2,11,14)(H,12,15). The molecular formula is C21H32N2O8. The SMILES string of the molecule is CC(CCCCCCCC(=O)O)C(=O)O.COc1cc(CNC(=O)C(N)=O)ccc1O. The molecule has 0 aromatic heterocycles. The second kappa shape index (κ2) is 15.5. The fourth-order valence-corrected chi connectivity index (χ4v) is 2.48. The van der Waals surface area contributed by atoms with E-state index < -0.39 is 23.8 Å². The maximum absolute atomic E-state index is 10.9. The van der Waals surface area contributed by atoms with Gasteiger partial charge >= 0.3 is 23.8 Å². The average Bonchev–Trinajstić information content (AvgIpc) is 2.72. The Hall–Kier alpha value is -3.30. The van der Waals surface area contributed by atoms with Crippen molar-refractivity contribution in [3.05, 3.63) is 23.8 Å². The molecule has 1 aromatic rings. The molecule has 1 atom stereocenters. The number of carboxylic acid groups (broad SMARTS) is 2. The van der Waals surface area contributed by atoms with Crippen LogP contribution in [0.1, 0.15) is 57.4 Å². The highest BCUT2D eigenvalue weighted by molar-refractivity contribution is 6.34. The number of unbranched alkanes of at least 4 members (excludes halogenated alkanes) is 4. The predicted octanol–water partition coefficient (Wildman–Crippen LogP) is 2.02. The largest absolute Gasteiger partial charge is 0.504 e. The molecule has 0 saturated carbocycles. The number of primary amides is 1. The van der Waals surface area contributed by atoms with Crippen LogP contribution in [0.15, 0.2) is 18.2 Å². The minimum atomic E-state index is -1.04. The first-order chi connectivity index (χ1) is 14.6. The highest BCUT2D eigenvalue weighted by Crippen LogP contribution is 2.26. The van der Waals surface area contributed by atoms with E-state index in [2.05, 4.69) is 5.32 Å². The van der Waals surface area contributed by atoms with Gasteiger partial charge in [0.15, 0.2) is 11.5 Å². The van der Waals surface area contributed by atoms with Gasteiger partial charge in [0, 0.05) is 13.0 Å². The lowest BCUT2D eigenvalue weighted by Crippen LogP contribution is -2.35. The third-order valence-electron chi connectivity index (χ3n) is 4.37. The fourth-order valence-electron chi connectivity index (χ4n) is 2.48. The van der Waals surface area contributed by atoms with Crippen LogP contribution in [0.4, 0.5) is 0 Å². The number of phenolic OH excluding ortho intramolecular Hbond substituents is 1. The van der Waals surface area contributed by atoms with Gasteiger partial charge in [-0.05, 0) is 30.5 Å². The van der Waals surface area contributed by atoms with Crippen LogP contribution in [0.25, 0.3) is 0 Å². The van der Waals surface area contributed by atoms with Crippen LogP contribution in [-0.4, -0.2) is 46.2 Å². The van der Waals surface area contributed by atoms with Crippen molar-refractivity contribution in [2.75, 3.05) is 7.11 Å². The lowest BCUT2D eigenvalue weighted by atomic mass is 10.0. The Balaban J connectivity index is 0.000000582. The zero-order chi connectivity index (χ0) is 23.8. The highest BCUT2D eigenvalue weighted by Gasteiger charge is 2.10. The molecule has 0 aliphatic rings. The van der Waals surface area contributed by atoms with Gasteiger partial charge in [-0.2, -0.15) is 0 Å². The number of nitrogens with one attached hydrogen (secondary N) is 1. The summed E-state index contributed by atoms with van der Waals surface area (Å²) < 4.78 is 4.89. The number of hydrogen-bond acceptors (Lipinski definition) is 6. The van der Waals surface area contributed by atoms with Crippen molar-refractivity contribution in [3.8, 4) is 11.5 Å². The van der Waals surface area contributed by atoms with Gasteiger partial charge in [-0.1, -0.05) is 38.7 Å². The molecule has 31 heavy (non-hydrogen) atoms. The molecule has 1 rings (SSSR count). The van der Waals surface area contributed by atoms with Crippen LogP contribution in [0.5, 0.6) is 11.5 Å². The average molecular weight is 440 g/mol. The molecule has 2 amide bonds. The van der Waals surface area contributed by atoms with Crippen LogP contribution < -0.4 is 15.8 Å². The van der Waals surface area contributed by atoms with Gasteiger partial charge in [0.2, 0.25) is 0 Å². The van der Waals surface area contributed by atoms with Crippen LogP contribution in [0.2, 0.25) is 0 Å². The minimum absolute atomic E-state index is 0.00692. The fraction of sp³-hybridized carbons (Fsp3) is 0.524. The zero-order valence-electron chi connectivity index (χ0n) is 17.9. The van der Waals surface area contributed by atoms with Crippen molar-refractivity contribution < 1.29 is 39.2 Å². The zero-order valence-corrected chi connectivity index (χ0v) is 17.9. The number of nitrogens with two attached hydrogens (primary N) is 1. The van der Waals surface area contributed by atoms with Gasteiger partial charge in [-0.3, -0.25) is 19.2 Å². The molecule has 0 fully saturated rings. The number of carboxylic acids is 2. The van der Waals surface area contributed by atoms with E-state index in [4.69, 9.17) is 20.7 Å². The van der Waals surface area contributed by atoms with E-state index in [0.29, 0.717) is 17.7 Å². The van der Waals surface area contributed by atoms with E-state index in [0.717, 1.165) is 32.1 Å². The summed E-state index contributed by atoms with van der Waals surface area (Å²) in [5, 5.41) is 28.6. The molecule has 0 bridgehead atoms. The van der Waals surface area contributed by atoms with Crippen molar-refractivity contribution >= 4 is 23.8 Å². The Morgan fingerprint density at radius 3 is 2.23 bits per heavy atom. The van der Waals surface area contributed by atoms with Crippen LogP contribution in [-0.2, 0) is 25.7 Å². The van der Waals surface area contributed by atoms with E-state index in [1.54, 1.807) is 19.1 Å². The number of ether oxygens (including phenoxy) is 1. The smallest absolute Gasteiger partial charge is 0.309 e. The number of aliphatic carboxylic acids is 2. The first kappa shape index (κ1) is 27.7. The number of aromatic hydroxyl groups is 1. The van der Waals surface area contributed by atoms with Gasteiger partial charge in [-0.25, -0.2) is 0 Å². The second-order valence-corrected chi connectivity index (χ2v) is 6.99. The van der Waals surface area contributed by atoms with Gasteiger partial charge in [0.05, 0.1) is 13.0 Å². The summed E-state index contributed by atoms with van der Waals surface area (Å²) in [4.78, 5) is 42.0. The quantitative estimate of drug-likeness (QED) is 0.242. The summed E-state index contributed by atoms with van der Waals surface area (Å²) in [6, 6.07) is 4.58. The highest BCUT2D eigenvalue weighted by atomic mass is 16.5. The molecule has 0 spiro atoms. The molecule has 0 heterocycles. The van der Waals surface area contributed by atoms with Gasteiger partial charge in [0.1, 0.15) is 0 Å². The lowest BCUT2D eigenvalue weighted by molar-refractivity contribution is -0.141. The van der Waals surface area contributed by atoms with E-state index in [9.17, 15) is 24.3 Å². The monoisotopic (exact) mass is 440 g/mol. The number of carbonyl (C=O) groups is 4. The summed E-state index contributed by atoms with van der Waals surface area (Å²) in [7, 11) is 1.42. The molecule has 0 radical (unpaired) electrons. The molecule has 0 aliphatic carbocycles. The summed E-state index contributed by atoms with van der Waals surface area (Å²) >= 11 is 0. The lowest BCUT2D eigenvalue weighted by Gasteiger charge is -2.07. The molecule has 1 aromatic carbocycles. The van der Waals surface area contributed by atoms with E-state index in [1.165, 1.54) is 13.2 Å². The van der Waals surface area contributed by atoms with E-state index in [-0.39, 0.29) is 24.6 Å². The van der Waals surface area contributed by atoms with Crippen molar-refractivity contribution in [3.63, 3.8) is 0 Å². The second-order valence-electron chi connectivity index (χ2n) is 6.99. The Morgan fingerprint density at radius 1 is 1.06 bits per heavy atom. The number of hydrogen-bond donors (Lipinski definition) is 5. The number of rotatable bonds is 12. The third-order valence-corrected chi connectivity index (χ3v) is 4.37. The topological polar surface area (TPSA) is 176 Å². The molecule has 0 aliphatic heterocycles. The first-order valence-electron chi connectivity index (χ1n) is 9.96. The molecule has 0 saturated heterocycles. The molecule has 10 nitrogen and oxygen atoms in total. The molecule has 1 unspecified atom stereocenters. The van der Waals surface area contributed by atoms with Crippen molar-refractivity contribution in [1.82, 2.24) is 5.32 Å². The first-order valence-corrected chi connectivity index (χ1v) is 9.96. The Bertz CT molecular complexity index is 736. The van der Waals surface area contributed by atoms with E-state index in [1.807, 2.05) is 0 Å².